The molecule has 1 aromatic heterocycles. The van der Waals surface area contributed by atoms with Crippen LogP contribution in [0.2, 0.25) is 5.15 Å². The maximum atomic E-state index is 5.79. The summed E-state index contributed by atoms with van der Waals surface area (Å²) in [5, 5.41) is 4.25. The quantitative estimate of drug-likeness (QED) is 0.823. The van der Waals surface area contributed by atoms with Crippen LogP contribution in [0.25, 0.3) is 0 Å². The van der Waals surface area contributed by atoms with Gasteiger partial charge in [-0.2, -0.15) is 28.5 Å². The minimum atomic E-state index is 0.209. The van der Waals surface area contributed by atoms with E-state index < -0.39 is 0 Å². The maximum absolute atomic E-state index is 5.79. The van der Waals surface area contributed by atoms with Gasteiger partial charge in [0.1, 0.15) is 11.0 Å². The molecule has 16 heavy (non-hydrogen) atoms. The fourth-order valence-electron chi connectivity index (χ4n) is 1.40. The molecular formula is C9H13ClN4S2. The van der Waals surface area contributed by atoms with Gasteiger partial charge in [0.05, 0.1) is 0 Å². The summed E-state index contributed by atoms with van der Waals surface area (Å²) in [4.78, 5) is 7.89. The second-order valence-electron chi connectivity index (χ2n) is 3.38. The Hall–Kier alpha value is -0.330. The highest BCUT2D eigenvalue weighted by atomic mass is 35.5. The van der Waals surface area contributed by atoms with Gasteiger partial charge in [-0.05, 0) is 0 Å². The Morgan fingerprint density at radius 1 is 1.50 bits per heavy atom. The van der Waals surface area contributed by atoms with Crippen LogP contribution >= 0.6 is 35.1 Å². The zero-order valence-corrected chi connectivity index (χ0v) is 11.0. The van der Waals surface area contributed by atoms with Crippen LogP contribution in [0.4, 0.5) is 11.8 Å². The van der Waals surface area contributed by atoms with E-state index in [1.807, 2.05) is 23.5 Å². The van der Waals surface area contributed by atoms with Gasteiger partial charge in [-0.25, -0.2) is 4.98 Å². The topological polar surface area (TPSA) is 63.8 Å². The lowest BCUT2D eigenvalue weighted by Gasteiger charge is -2.21. The molecule has 0 radical (unpaired) electrons. The van der Waals surface area contributed by atoms with Gasteiger partial charge in [-0.3, -0.25) is 0 Å². The summed E-state index contributed by atoms with van der Waals surface area (Å²) in [5.74, 6) is 4.58. The fraction of sp³-hybridized carbons (Fsp3) is 0.556. The van der Waals surface area contributed by atoms with Crippen molar-refractivity contribution in [1.29, 1.82) is 0 Å². The Morgan fingerprint density at radius 3 is 3.06 bits per heavy atom. The van der Waals surface area contributed by atoms with Crippen molar-refractivity contribution in [2.75, 3.05) is 34.9 Å². The highest BCUT2D eigenvalue weighted by molar-refractivity contribution is 8.06. The van der Waals surface area contributed by atoms with Crippen molar-refractivity contribution < 1.29 is 0 Å². The normalized spacial score (nSPS) is 20.7. The van der Waals surface area contributed by atoms with Crippen molar-refractivity contribution in [2.45, 2.75) is 5.25 Å². The summed E-state index contributed by atoms with van der Waals surface area (Å²) in [5.41, 5.74) is 5.51. The number of halogens is 1. The van der Waals surface area contributed by atoms with E-state index in [9.17, 15) is 0 Å². The number of rotatable bonds is 3. The standard InChI is InChI=1S/C9H13ClN4S2/c10-7-3-8(14-9(11)13-7)12-4-6-5-15-1-2-16-6/h3,6H,1-2,4-5H2,(H3,11,12,13,14). The second-order valence-corrected chi connectivity index (χ2v) is 6.33. The molecule has 1 unspecified atom stereocenters. The number of nitrogens with two attached hydrogens (primary N) is 1. The highest BCUT2D eigenvalue weighted by Gasteiger charge is 2.14. The third-order valence-electron chi connectivity index (χ3n) is 2.11. The molecule has 1 fully saturated rings. The van der Waals surface area contributed by atoms with Gasteiger partial charge < -0.3 is 11.1 Å². The monoisotopic (exact) mass is 276 g/mol. The lowest BCUT2D eigenvalue weighted by atomic mass is 10.4. The molecule has 0 saturated carbocycles. The number of hydrogen-bond acceptors (Lipinski definition) is 6. The Balaban J connectivity index is 1.88. The van der Waals surface area contributed by atoms with Crippen molar-refractivity contribution >= 4 is 46.9 Å². The zero-order chi connectivity index (χ0) is 11.4. The van der Waals surface area contributed by atoms with E-state index in [1.54, 1.807) is 6.07 Å². The third-order valence-corrected chi connectivity index (χ3v) is 5.15. The van der Waals surface area contributed by atoms with Crippen LogP contribution in [-0.4, -0.2) is 39.0 Å². The van der Waals surface area contributed by atoms with Crippen molar-refractivity contribution in [3.63, 3.8) is 0 Å². The summed E-state index contributed by atoms with van der Waals surface area (Å²) < 4.78 is 0. The molecule has 0 aliphatic carbocycles. The van der Waals surface area contributed by atoms with E-state index in [0.29, 0.717) is 16.2 Å². The summed E-state index contributed by atoms with van der Waals surface area (Å²) >= 11 is 9.79. The highest BCUT2D eigenvalue weighted by Crippen LogP contribution is 2.24. The first-order valence-electron chi connectivity index (χ1n) is 4.97. The van der Waals surface area contributed by atoms with Crippen LogP contribution in [0, 0.1) is 0 Å². The van der Waals surface area contributed by atoms with E-state index >= 15 is 0 Å². The molecule has 3 N–H and O–H groups in total. The summed E-state index contributed by atoms with van der Waals surface area (Å²) in [6.45, 7) is 0.893. The Morgan fingerprint density at radius 2 is 2.38 bits per heavy atom. The zero-order valence-electron chi connectivity index (χ0n) is 8.65. The minimum Gasteiger partial charge on any atom is -0.369 e. The van der Waals surface area contributed by atoms with E-state index in [1.165, 1.54) is 17.3 Å². The number of nitrogens with zero attached hydrogens (tertiary/aromatic N) is 2. The Bertz CT molecular complexity index is 337. The van der Waals surface area contributed by atoms with Gasteiger partial charge in [0, 0.05) is 35.1 Å². The van der Waals surface area contributed by atoms with E-state index in [-0.39, 0.29) is 5.95 Å². The van der Waals surface area contributed by atoms with Crippen molar-refractivity contribution in [3.8, 4) is 0 Å². The van der Waals surface area contributed by atoms with Crippen molar-refractivity contribution in [1.82, 2.24) is 9.97 Å². The molecule has 88 valence electrons. The molecule has 1 aromatic rings. The first-order chi connectivity index (χ1) is 7.74. The average molecular weight is 277 g/mol. The van der Waals surface area contributed by atoms with Gasteiger partial charge in [0.2, 0.25) is 5.95 Å². The summed E-state index contributed by atoms with van der Waals surface area (Å²) in [6, 6.07) is 1.69. The molecule has 4 nitrogen and oxygen atoms in total. The van der Waals surface area contributed by atoms with Crippen molar-refractivity contribution in [3.05, 3.63) is 11.2 Å². The molecule has 0 aromatic carbocycles. The SMILES string of the molecule is Nc1nc(Cl)cc(NCC2CSCCS2)n1. The molecule has 1 saturated heterocycles. The fourth-order valence-corrected chi connectivity index (χ4v) is 4.20. The smallest absolute Gasteiger partial charge is 0.223 e. The number of hydrogen-bond donors (Lipinski definition) is 2. The summed E-state index contributed by atoms with van der Waals surface area (Å²) in [6.07, 6.45) is 0. The van der Waals surface area contributed by atoms with Crippen LogP contribution < -0.4 is 11.1 Å². The van der Waals surface area contributed by atoms with E-state index in [2.05, 4.69) is 15.3 Å². The molecule has 7 heteroatoms. The van der Waals surface area contributed by atoms with Crippen LogP contribution in [-0.2, 0) is 0 Å². The molecule has 1 atom stereocenters. The van der Waals surface area contributed by atoms with Gasteiger partial charge in [0.25, 0.3) is 0 Å². The number of anilines is 2. The molecule has 0 spiro atoms. The first-order valence-corrected chi connectivity index (χ1v) is 7.55. The number of aromatic nitrogens is 2. The third kappa shape index (κ3) is 3.61. The number of thioether (sulfide) groups is 2. The molecule has 0 bridgehead atoms. The lowest BCUT2D eigenvalue weighted by molar-refractivity contribution is 0.989. The van der Waals surface area contributed by atoms with Crippen LogP contribution in [0.15, 0.2) is 6.07 Å². The van der Waals surface area contributed by atoms with E-state index in [0.717, 1.165) is 6.54 Å². The second kappa shape index (κ2) is 5.84. The lowest BCUT2D eigenvalue weighted by Crippen LogP contribution is -2.23. The molecule has 1 aliphatic heterocycles. The van der Waals surface area contributed by atoms with Crippen LogP contribution in [0.1, 0.15) is 0 Å². The molecule has 2 rings (SSSR count). The Labute approximate surface area is 108 Å². The van der Waals surface area contributed by atoms with Gasteiger partial charge in [-0.1, -0.05) is 11.6 Å². The summed E-state index contributed by atoms with van der Waals surface area (Å²) in [7, 11) is 0. The van der Waals surface area contributed by atoms with Gasteiger partial charge in [0.15, 0.2) is 0 Å². The number of nitrogens with one attached hydrogen (secondary N) is 1. The molecule has 2 heterocycles. The molecular weight excluding hydrogens is 264 g/mol. The van der Waals surface area contributed by atoms with Gasteiger partial charge >= 0.3 is 0 Å². The van der Waals surface area contributed by atoms with Crippen molar-refractivity contribution in [2.24, 2.45) is 0 Å². The van der Waals surface area contributed by atoms with Crippen LogP contribution in [0.3, 0.4) is 0 Å². The average Bonchev–Trinajstić information content (AvgIpc) is 2.27. The first kappa shape index (κ1) is 12.1. The molecule has 0 amide bonds. The van der Waals surface area contributed by atoms with Gasteiger partial charge in [-0.15, -0.1) is 0 Å². The largest absolute Gasteiger partial charge is 0.369 e. The Kier molecular flexibility index (Phi) is 4.43. The predicted molar refractivity (Wildman–Crippen MR) is 73.5 cm³/mol. The maximum Gasteiger partial charge on any atom is 0.223 e. The number of nitrogen functional groups attached to an aromatic ring is 1. The van der Waals surface area contributed by atoms with Crippen LogP contribution in [0.5, 0.6) is 0 Å². The minimum absolute atomic E-state index is 0.209. The molecule has 1 aliphatic rings. The van der Waals surface area contributed by atoms with E-state index in [4.69, 9.17) is 17.3 Å². The predicted octanol–water partition coefficient (Wildman–Crippen LogP) is 1.97.